The van der Waals surface area contributed by atoms with Crippen LogP contribution in [0.1, 0.15) is 0 Å². The van der Waals surface area contributed by atoms with Crippen LogP contribution in [0.4, 0.5) is 0 Å². The first-order valence-electron chi connectivity index (χ1n) is 18.8. The molecular weight excluding hydrogens is 681 g/mol. The third-order valence-corrected chi connectivity index (χ3v) is 10.3. The lowest BCUT2D eigenvalue weighted by Crippen LogP contribution is -2.00. The molecule has 4 nitrogen and oxygen atoms in total. The lowest BCUT2D eigenvalue weighted by atomic mass is 9.90. The SMILES string of the molecule is c1ccc(-c2cc(-c3ccccc3)c3c(cc(-c4ccc(-c5ccc(-c6nc(-c7ccccc7)nc(-c7ccccc7)n6)cc5)cc4)c4ccccc43)n2)cc1. The number of benzene rings is 8. The first kappa shape index (κ1) is 33.0. The van der Waals surface area contributed by atoms with Crippen LogP contribution >= 0.6 is 0 Å². The predicted molar refractivity (Wildman–Crippen MR) is 231 cm³/mol. The van der Waals surface area contributed by atoms with Crippen LogP contribution in [0.15, 0.2) is 206 Å². The van der Waals surface area contributed by atoms with Gasteiger partial charge in [0.2, 0.25) is 0 Å². The maximum absolute atomic E-state index is 5.30. The minimum Gasteiger partial charge on any atom is -0.248 e. The molecule has 0 saturated heterocycles. The van der Waals surface area contributed by atoms with Crippen molar-refractivity contribution in [3.63, 3.8) is 0 Å². The molecule has 56 heavy (non-hydrogen) atoms. The van der Waals surface area contributed by atoms with E-state index in [0.717, 1.165) is 61.1 Å². The van der Waals surface area contributed by atoms with Crippen LogP contribution in [-0.2, 0) is 0 Å². The fourth-order valence-corrected chi connectivity index (χ4v) is 7.54. The molecule has 10 aromatic rings. The molecule has 0 amide bonds. The molecule has 0 atom stereocenters. The summed E-state index contributed by atoms with van der Waals surface area (Å²) in [6.45, 7) is 0. The average molecular weight is 715 g/mol. The standard InChI is InChI=1S/C52H34N4/c1-5-15-37(16-6-1)46-34-47(39-17-7-2-8-18-39)53-48-33-45(43-23-13-14-24-44(43)49(46)48)38-29-25-35(26-30-38)36-27-31-42(32-28-36)52-55-50(40-19-9-3-10-20-40)54-51(56-52)41-21-11-4-12-22-41/h1-34H. The van der Waals surface area contributed by atoms with E-state index < -0.39 is 0 Å². The Morgan fingerprint density at radius 1 is 0.250 bits per heavy atom. The van der Waals surface area contributed by atoms with Crippen molar-refractivity contribution in [3.8, 4) is 78.8 Å². The Balaban J connectivity index is 1.03. The fourth-order valence-electron chi connectivity index (χ4n) is 7.54. The largest absolute Gasteiger partial charge is 0.248 e. The minimum absolute atomic E-state index is 0.641. The minimum atomic E-state index is 0.641. The Hall–Kier alpha value is -7.56. The molecule has 2 heterocycles. The third-order valence-electron chi connectivity index (χ3n) is 10.3. The summed E-state index contributed by atoms with van der Waals surface area (Å²) in [5.74, 6) is 1.94. The molecule has 4 heteroatoms. The van der Waals surface area contributed by atoms with Crippen LogP contribution < -0.4 is 0 Å². The Labute approximate surface area is 325 Å². The van der Waals surface area contributed by atoms with E-state index in [-0.39, 0.29) is 0 Å². The van der Waals surface area contributed by atoms with Crippen LogP contribution in [0, 0.1) is 0 Å². The smallest absolute Gasteiger partial charge is 0.164 e. The molecule has 0 N–H and O–H groups in total. The quantitative estimate of drug-likeness (QED) is 0.154. The van der Waals surface area contributed by atoms with Crippen molar-refractivity contribution in [2.75, 3.05) is 0 Å². The highest BCUT2D eigenvalue weighted by Gasteiger charge is 2.17. The topological polar surface area (TPSA) is 51.6 Å². The van der Waals surface area contributed by atoms with Crippen LogP contribution in [0.25, 0.3) is 100 Å². The van der Waals surface area contributed by atoms with Crippen molar-refractivity contribution >= 4 is 21.7 Å². The zero-order valence-corrected chi connectivity index (χ0v) is 30.4. The third kappa shape index (κ3) is 6.29. The summed E-state index contributed by atoms with van der Waals surface area (Å²) in [4.78, 5) is 20.0. The molecule has 2 aromatic heterocycles. The van der Waals surface area contributed by atoms with E-state index in [2.05, 4.69) is 140 Å². The highest BCUT2D eigenvalue weighted by molar-refractivity contribution is 6.18. The van der Waals surface area contributed by atoms with E-state index in [1.54, 1.807) is 0 Å². The lowest BCUT2D eigenvalue weighted by Gasteiger charge is -2.16. The van der Waals surface area contributed by atoms with E-state index in [1.807, 2.05) is 66.7 Å². The van der Waals surface area contributed by atoms with Gasteiger partial charge in [0.1, 0.15) is 0 Å². The second kappa shape index (κ2) is 14.3. The number of hydrogen-bond donors (Lipinski definition) is 0. The second-order valence-corrected chi connectivity index (χ2v) is 13.8. The van der Waals surface area contributed by atoms with E-state index in [1.165, 1.54) is 21.9 Å². The van der Waals surface area contributed by atoms with Gasteiger partial charge in [-0.25, -0.2) is 19.9 Å². The van der Waals surface area contributed by atoms with Crippen LogP contribution in [-0.4, -0.2) is 19.9 Å². The molecule has 262 valence electrons. The summed E-state index contributed by atoms with van der Waals surface area (Å²) < 4.78 is 0. The van der Waals surface area contributed by atoms with Gasteiger partial charge in [-0.3, -0.25) is 0 Å². The van der Waals surface area contributed by atoms with Crippen LogP contribution in [0.2, 0.25) is 0 Å². The van der Waals surface area contributed by atoms with E-state index in [4.69, 9.17) is 19.9 Å². The number of hydrogen-bond acceptors (Lipinski definition) is 4. The summed E-state index contributed by atoms with van der Waals surface area (Å²) in [5, 5.41) is 3.55. The molecule has 0 aliphatic rings. The van der Waals surface area contributed by atoms with Gasteiger partial charge in [0.25, 0.3) is 0 Å². The van der Waals surface area contributed by atoms with Crippen molar-refractivity contribution in [1.82, 2.24) is 19.9 Å². The summed E-state index contributed by atoms with van der Waals surface area (Å²) in [7, 11) is 0. The molecule has 0 radical (unpaired) electrons. The molecule has 0 unspecified atom stereocenters. The first-order chi connectivity index (χ1) is 27.7. The first-order valence-corrected chi connectivity index (χ1v) is 18.8. The monoisotopic (exact) mass is 714 g/mol. The molecule has 0 saturated carbocycles. The zero-order chi connectivity index (χ0) is 37.3. The van der Waals surface area contributed by atoms with Gasteiger partial charge in [0, 0.05) is 27.6 Å². The summed E-state index contributed by atoms with van der Waals surface area (Å²) >= 11 is 0. The van der Waals surface area contributed by atoms with E-state index in [0.29, 0.717) is 17.5 Å². The normalized spacial score (nSPS) is 11.2. The van der Waals surface area contributed by atoms with Crippen molar-refractivity contribution in [2.24, 2.45) is 0 Å². The number of rotatable bonds is 7. The van der Waals surface area contributed by atoms with Gasteiger partial charge in [-0.15, -0.1) is 0 Å². The molecule has 8 aromatic carbocycles. The molecule has 0 aliphatic heterocycles. The highest BCUT2D eigenvalue weighted by atomic mass is 15.0. The van der Waals surface area contributed by atoms with Crippen molar-refractivity contribution in [3.05, 3.63) is 206 Å². The second-order valence-electron chi connectivity index (χ2n) is 13.8. The average Bonchev–Trinajstić information content (AvgIpc) is 3.29. The van der Waals surface area contributed by atoms with Crippen LogP contribution in [0.5, 0.6) is 0 Å². The number of aromatic nitrogens is 4. The van der Waals surface area contributed by atoms with Gasteiger partial charge in [-0.05, 0) is 56.3 Å². The molecule has 10 rings (SSSR count). The number of pyridine rings is 1. The maximum Gasteiger partial charge on any atom is 0.164 e. The van der Waals surface area contributed by atoms with Gasteiger partial charge in [-0.2, -0.15) is 0 Å². The predicted octanol–water partition coefficient (Wildman–Crippen LogP) is 13.2. The van der Waals surface area contributed by atoms with Crippen molar-refractivity contribution in [2.45, 2.75) is 0 Å². The fraction of sp³-hybridized carbons (Fsp3) is 0. The highest BCUT2D eigenvalue weighted by Crippen LogP contribution is 2.41. The Morgan fingerprint density at radius 3 is 1.14 bits per heavy atom. The maximum atomic E-state index is 5.30. The van der Waals surface area contributed by atoms with Gasteiger partial charge < -0.3 is 0 Å². The lowest BCUT2D eigenvalue weighted by molar-refractivity contribution is 1.07. The van der Waals surface area contributed by atoms with Crippen molar-refractivity contribution < 1.29 is 0 Å². The number of nitrogens with zero attached hydrogens (tertiary/aromatic N) is 4. The van der Waals surface area contributed by atoms with Gasteiger partial charge in [-0.1, -0.05) is 194 Å². The molecule has 0 aliphatic carbocycles. The van der Waals surface area contributed by atoms with E-state index in [9.17, 15) is 0 Å². The summed E-state index contributed by atoms with van der Waals surface area (Å²) in [6.07, 6.45) is 0. The zero-order valence-electron chi connectivity index (χ0n) is 30.4. The summed E-state index contributed by atoms with van der Waals surface area (Å²) in [5.41, 5.74) is 12.8. The Bertz CT molecular complexity index is 2910. The van der Waals surface area contributed by atoms with Crippen molar-refractivity contribution in [1.29, 1.82) is 0 Å². The van der Waals surface area contributed by atoms with Crippen LogP contribution in [0.3, 0.4) is 0 Å². The number of fused-ring (bicyclic) bond motifs is 3. The Kier molecular flexibility index (Phi) is 8.47. The summed E-state index contributed by atoms with van der Waals surface area (Å²) in [6, 6.07) is 71.8. The molecule has 0 spiro atoms. The van der Waals surface area contributed by atoms with Gasteiger partial charge >= 0.3 is 0 Å². The Morgan fingerprint density at radius 2 is 0.625 bits per heavy atom. The molecular formula is C52H34N4. The van der Waals surface area contributed by atoms with Gasteiger partial charge in [0.15, 0.2) is 17.5 Å². The van der Waals surface area contributed by atoms with E-state index >= 15 is 0 Å². The van der Waals surface area contributed by atoms with Gasteiger partial charge in [0.05, 0.1) is 11.2 Å². The molecule has 0 bridgehead atoms. The molecule has 0 fully saturated rings.